The van der Waals surface area contributed by atoms with Crippen molar-refractivity contribution in [3.05, 3.63) is 58.6 Å². The number of hydrogen-bond acceptors (Lipinski definition) is 4. The third-order valence-corrected chi connectivity index (χ3v) is 5.55. The van der Waals surface area contributed by atoms with Gasteiger partial charge >= 0.3 is 0 Å². The molecule has 0 aliphatic heterocycles. The van der Waals surface area contributed by atoms with Crippen molar-refractivity contribution in [1.29, 1.82) is 0 Å². The standard InChI is InChI=1S/C20H25ClN2O4S/c1-15-6-11-19(27-2)18(13-15)23(28(3,25)26)14-20(24)22-12-4-5-16-7-9-17(21)10-8-16/h6-11,13H,4-5,12,14H2,1-3H3,(H,22,24). The Morgan fingerprint density at radius 1 is 1.18 bits per heavy atom. The van der Waals surface area contributed by atoms with Gasteiger partial charge < -0.3 is 10.1 Å². The van der Waals surface area contributed by atoms with Crippen LogP contribution in [0.2, 0.25) is 5.02 Å². The molecule has 8 heteroatoms. The summed E-state index contributed by atoms with van der Waals surface area (Å²) in [6.45, 7) is 1.99. The summed E-state index contributed by atoms with van der Waals surface area (Å²) in [5.74, 6) is 0.0247. The van der Waals surface area contributed by atoms with Crippen molar-refractivity contribution in [2.75, 3.05) is 30.8 Å². The third kappa shape index (κ3) is 6.42. The molecule has 0 spiro atoms. The highest BCUT2D eigenvalue weighted by Crippen LogP contribution is 2.30. The van der Waals surface area contributed by atoms with Crippen molar-refractivity contribution in [3.8, 4) is 5.75 Å². The molecular formula is C20H25ClN2O4S. The molecule has 28 heavy (non-hydrogen) atoms. The number of sulfonamides is 1. The highest BCUT2D eigenvalue weighted by molar-refractivity contribution is 7.92. The number of benzene rings is 2. The molecule has 0 unspecified atom stereocenters. The van der Waals surface area contributed by atoms with E-state index in [1.165, 1.54) is 7.11 Å². The van der Waals surface area contributed by atoms with Crippen LogP contribution in [0.25, 0.3) is 0 Å². The first-order valence-electron chi connectivity index (χ1n) is 8.84. The van der Waals surface area contributed by atoms with Gasteiger partial charge in [0.15, 0.2) is 0 Å². The van der Waals surface area contributed by atoms with Gasteiger partial charge in [-0.05, 0) is 55.2 Å². The Morgan fingerprint density at radius 3 is 2.46 bits per heavy atom. The van der Waals surface area contributed by atoms with Gasteiger partial charge in [0.1, 0.15) is 12.3 Å². The summed E-state index contributed by atoms with van der Waals surface area (Å²) in [6, 6.07) is 12.7. The fourth-order valence-electron chi connectivity index (χ4n) is 2.73. The normalized spacial score (nSPS) is 11.1. The van der Waals surface area contributed by atoms with E-state index >= 15 is 0 Å². The van der Waals surface area contributed by atoms with E-state index in [0.717, 1.165) is 34.5 Å². The lowest BCUT2D eigenvalue weighted by molar-refractivity contribution is -0.119. The molecule has 0 bridgehead atoms. The number of carbonyl (C=O) groups is 1. The molecule has 0 radical (unpaired) electrons. The van der Waals surface area contributed by atoms with Crippen LogP contribution in [0.5, 0.6) is 5.75 Å². The summed E-state index contributed by atoms with van der Waals surface area (Å²) in [6.07, 6.45) is 2.60. The van der Waals surface area contributed by atoms with Crippen molar-refractivity contribution in [2.45, 2.75) is 19.8 Å². The van der Waals surface area contributed by atoms with E-state index in [9.17, 15) is 13.2 Å². The van der Waals surface area contributed by atoms with Crippen LogP contribution in [0.15, 0.2) is 42.5 Å². The van der Waals surface area contributed by atoms with Crippen molar-refractivity contribution >= 4 is 33.2 Å². The summed E-state index contributed by atoms with van der Waals surface area (Å²) in [5, 5.41) is 3.46. The number of anilines is 1. The maximum absolute atomic E-state index is 12.3. The van der Waals surface area contributed by atoms with Gasteiger partial charge in [-0.2, -0.15) is 0 Å². The fourth-order valence-corrected chi connectivity index (χ4v) is 3.71. The summed E-state index contributed by atoms with van der Waals surface area (Å²) in [4.78, 5) is 12.3. The minimum absolute atomic E-state index is 0.306. The van der Waals surface area contributed by atoms with Gasteiger partial charge in [0.2, 0.25) is 15.9 Å². The zero-order chi connectivity index (χ0) is 20.7. The number of carbonyl (C=O) groups excluding carboxylic acids is 1. The minimum Gasteiger partial charge on any atom is -0.495 e. The van der Waals surface area contributed by atoms with E-state index < -0.39 is 10.0 Å². The van der Waals surface area contributed by atoms with Gasteiger partial charge in [-0.15, -0.1) is 0 Å². The number of methoxy groups -OCH3 is 1. The second-order valence-corrected chi connectivity index (χ2v) is 8.87. The lowest BCUT2D eigenvalue weighted by Gasteiger charge is -2.24. The average molecular weight is 425 g/mol. The summed E-state index contributed by atoms with van der Waals surface area (Å²) in [7, 11) is -2.20. The second-order valence-electron chi connectivity index (χ2n) is 6.52. The second kappa shape index (κ2) is 9.80. The quantitative estimate of drug-likeness (QED) is 0.627. The molecule has 152 valence electrons. The van der Waals surface area contributed by atoms with Gasteiger partial charge in [-0.25, -0.2) is 8.42 Å². The van der Waals surface area contributed by atoms with Crippen LogP contribution in [-0.2, 0) is 21.2 Å². The van der Waals surface area contributed by atoms with Crippen molar-refractivity contribution in [3.63, 3.8) is 0 Å². The number of hydrogen-bond donors (Lipinski definition) is 1. The van der Waals surface area contributed by atoms with Crippen molar-refractivity contribution in [1.82, 2.24) is 5.32 Å². The van der Waals surface area contributed by atoms with Gasteiger partial charge in [0, 0.05) is 11.6 Å². The first-order chi connectivity index (χ1) is 13.2. The van der Waals surface area contributed by atoms with Gasteiger partial charge in [0.25, 0.3) is 0 Å². The molecule has 0 aliphatic rings. The molecule has 1 N–H and O–H groups in total. The Balaban J connectivity index is 1.98. The molecular weight excluding hydrogens is 400 g/mol. The largest absolute Gasteiger partial charge is 0.495 e. The average Bonchev–Trinajstić information content (AvgIpc) is 2.64. The number of amides is 1. The Hall–Kier alpha value is -2.25. The summed E-state index contributed by atoms with van der Waals surface area (Å²) >= 11 is 5.86. The van der Waals surface area contributed by atoms with Crippen LogP contribution in [0.4, 0.5) is 5.69 Å². The molecule has 0 heterocycles. The van der Waals surface area contributed by atoms with Crippen LogP contribution >= 0.6 is 11.6 Å². The van der Waals surface area contributed by atoms with Crippen LogP contribution in [0.3, 0.4) is 0 Å². The maximum atomic E-state index is 12.3. The monoisotopic (exact) mass is 424 g/mol. The third-order valence-electron chi connectivity index (χ3n) is 4.17. The zero-order valence-electron chi connectivity index (χ0n) is 16.2. The smallest absolute Gasteiger partial charge is 0.240 e. The number of halogens is 1. The highest BCUT2D eigenvalue weighted by Gasteiger charge is 2.24. The molecule has 0 saturated heterocycles. The van der Waals surface area contributed by atoms with Crippen molar-refractivity contribution in [2.24, 2.45) is 0 Å². The number of nitrogens with one attached hydrogen (secondary N) is 1. The van der Waals surface area contributed by atoms with Crippen LogP contribution in [-0.4, -0.2) is 40.8 Å². The molecule has 0 saturated carbocycles. The topological polar surface area (TPSA) is 75.7 Å². The summed E-state index contributed by atoms with van der Waals surface area (Å²) < 4.78 is 30.9. The van der Waals surface area contributed by atoms with E-state index in [0.29, 0.717) is 23.0 Å². The van der Waals surface area contributed by atoms with E-state index in [1.807, 2.05) is 37.3 Å². The molecule has 0 aliphatic carbocycles. The van der Waals surface area contributed by atoms with Crippen LogP contribution in [0.1, 0.15) is 17.5 Å². The van der Waals surface area contributed by atoms with E-state index in [4.69, 9.17) is 16.3 Å². The molecule has 0 atom stereocenters. The SMILES string of the molecule is COc1ccc(C)cc1N(CC(=O)NCCCc1ccc(Cl)cc1)S(C)(=O)=O. The highest BCUT2D eigenvalue weighted by atomic mass is 35.5. The van der Waals surface area contributed by atoms with Crippen molar-refractivity contribution < 1.29 is 17.9 Å². The molecule has 2 rings (SSSR count). The number of nitrogens with zero attached hydrogens (tertiary/aromatic N) is 1. The van der Waals surface area contributed by atoms with Gasteiger partial charge in [0.05, 0.1) is 19.1 Å². The molecule has 0 fully saturated rings. The number of rotatable bonds is 9. The molecule has 1 amide bonds. The molecule has 0 aromatic heterocycles. The minimum atomic E-state index is -3.66. The fraction of sp³-hybridized carbons (Fsp3) is 0.350. The first-order valence-corrected chi connectivity index (χ1v) is 11.1. The van der Waals surface area contributed by atoms with Crippen LogP contribution < -0.4 is 14.4 Å². The molecule has 6 nitrogen and oxygen atoms in total. The molecule has 2 aromatic carbocycles. The molecule has 2 aromatic rings. The number of ether oxygens (including phenoxy) is 1. The summed E-state index contributed by atoms with van der Waals surface area (Å²) in [5.41, 5.74) is 2.34. The Kier molecular flexibility index (Phi) is 7.71. The lowest BCUT2D eigenvalue weighted by Crippen LogP contribution is -2.40. The Bertz CT molecular complexity index is 914. The van der Waals surface area contributed by atoms with Crippen LogP contribution in [0, 0.1) is 6.92 Å². The predicted octanol–water partition coefficient (Wildman–Crippen LogP) is 3.17. The zero-order valence-corrected chi connectivity index (χ0v) is 17.8. The van der Waals surface area contributed by atoms with Gasteiger partial charge in [-0.1, -0.05) is 29.8 Å². The predicted molar refractivity (Wildman–Crippen MR) is 113 cm³/mol. The van der Waals surface area contributed by atoms with E-state index in [2.05, 4.69) is 5.32 Å². The Labute approximate surface area is 171 Å². The Morgan fingerprint density at radius 2 is 1.86 bits per heavy atom. The van der Waals surface area contributed by atoms with E-state index in [1.54, 1.807) is 12.1 Å². The van der Waals surface area contributed by atoms with E-state index in [-0.39, 0.29) is 12.5 Å². The number of aryl methyl sites for hydroxylation is 2. The van der Waals surface area contributed by atoms with Gasteiger partial charge in [-0.3, -0.25) is 9.10 Å². The lowest BCUT2D eigenvalue weighted by atomic mass is 10.1. The maximum Gasteiger partial charge on any atom is 0.240 e. The first kappa shape index (κ1) is 22.0.